The number of carbonyl (C=O) groups excluding carboxylic acids is 1. The van der Waals surface area contributed by atoms with Crippen molar-refractivity contribution in [3.8, 4) is 0 Å². The third-order valence-corrected chi connectivity index (χ3v) is 4.36. The van der Waals surface area contributed by atoms with Gasteiger partial charge in [0.15, 0.2) is 0 Å². The lowest BCUT2D eigenvalue weighted by Crippen LogP contribution is -2.40. The summed E-state index contributed by atoms with van der Waals surface area (Å²) in [5.74, 6) is -0.112. The van der Waals surface area contributed by atoms with Gasteiger partial charge in [0, 0.05) is 4.88 Å². The van der Waals surface area contributed by atoms with E-state index in [-0.39, 0.29) is 11.9 Å². The molecule has 0 fully saturated rings. The standard InChI is InChI=1S/C16H20N2OS/c1-11-8-9-20-15(11)14(18-16(19)12(2)17)10-13-6-4-3-5-7-13/h3-9,12,14H,10,17H2,1-2H3,(H,18,19). The van der Waals surface area contributed by atoms with E-state index < -0.39 is 6.04 Å². The van der Waals surface area contributed by atoms with Crippen molar-refractivity contribution in [2.45, 2.75) is 32.4 Å². The fraction of sp³-hybridized carbons (Fsp3) is 0.312. The van der Waals surface area contributed by atoms with Crippen LogP contribution in [0.2, 0.25) is 0 Å². The molecule has 1 aromatic carbocycles. The smallest absolute Gasteiger partial charge is 0.237 e. The van der Waals surface area contributed by atoms with Crippen LogP contribution in [0.3, 0.4) is 0 Å². The molecule has 0 aliphatic rings. The Kier molecular flexibility index (Phi) is 4.93. The lowest BCUT2D eigenvalue weighted by atomic mass is 10.0. The van der Waals surface area contributed by atoms with Crippen LogP contribution in [0.4, 0.5) is 0 Å². The van der Waals surface area contributed by atoms with Crippen LogP contribution < -0.4 is 11.1 Å². The molecule has 0 aliphatic carbocycles. The minimum atomic E-state index is -0.492. The van der Waals surface area contributed by atoms with E-state index in [1.165, 1.54) is 16.0 Å². The molecular formula is C16H20N2OS. The predicted octanol–water partition coefficient (Wildman–Crippen LogP) is 2.80. The van der Waals surface area contributed by atoms with Crippen LogP contribution in [0, 0.1) is 6.92 Å². The Labute approximate surface area is 123 Å². The number of thiophene rings is 1. The fourth-order valence-corrected chi connectivity index (χ4v) is 3.08. The van der Waals surface area contributed by atoms with Crippen LogP contribution in [0.5, 0.6) is 0 Å². The summed E-state index contributed by atoms with van der Waals surface area (Å²) in [6, 6.07) is 11.7. The van der Waals surface area contributed by atoms with E-state index in [0.29, 0.717) is 0 Å². The molecule has 0 radical (unpaired) electrons. The molecule has 2 unspecified atom stereocenters. The molecule has 2 rings (SSSR count). The van der Waals surface area contributed by atoms with Crippen molar-refractivity contribution < 1.29 is 4.79 Å². The molecule has 4 heteroatoms. The molecule has 106 valence electrons. The minimum absolute atomic E-state index is 0.0177. The van der Waals surface area contributed by atoms with E-state index in [9.17, 15) is 4.79 Å². The van der Waals surface area contributed by atoms with Crippen molar-refractivity contribution in [2.75, 3.05) is 0 Å². The quantitative estimate of drug-likeness (QED) is 0.889. The Hall–Kier alpha value is -1.65. The van der Waals surface area contributed by atoms with Gasteiger partial charge in [-0.25, -0.2) is 0 Å². The van der Waals surface area contributed by atoms with E-state index in [1.807, 2.05) is 18.2 Å². The van der Waals surface area contributed by atoms with Crippen LogP contribution in [0.25, 0.3) is 0 Å². The predicted molar refractivity (Wildman–Crippen MR) is 83.7 cm³/mol. The van der Waals surface area contributed by atoms with Gasteiger partial charge in [-0.2, -0.15) is 0 Å². The van der Waals surface area contributed by atoms with E-state index in [1.54, 1.807) is 18.3 Å². The Morgan fingerprint density at radius 3 is 2.55 bits per heavy atom. The van der Waals surface area contributed by atoms with Crippen LogP contribution in [0.15, 0.2) is 41.8 Å². The number of hydrogen-bond donors (Lipinski definition) is 2. The molecule has 1 amide bonds. The molecule has 1 heterocycles. The maximum Gasteiger partial charge on any atom is 0.237 e. The zero-order valence-corrected chi connectivity index (χ0v) is 12.6. The molecule has 20 heavy (non-hydrogen) atoms. The number of aryl methyl sites for hydroxylation is 1. The first-order valence-corrected chi connectivity index (χ1v) is 7.59. The van der Waals surface area contributed by atoms with E-state index in [4.69, 9.17) is 5.73 Å². The first kappa shape index (κ1) is 14.8. The van der Waals surface area contributed by atoms with Gasteiger partial charge in [0.25, 0.3) is 0 Å². The molecule has 0 saturated carbocycles. The SMILES string of the molecule is Cc1ccsc1C(Cc1ccccc1)NC(=O)C(C)N. The van der Waals surface area contributed by atoms with Gasteiger partial charge < -0.3 is 11.1 Å². The summed E-state index contributed by atoms with van der Waals surface area (Å²) in [6.07, 6.45) is 0.778. The van der Waals surface area contributed by atoms with Gasteiger partial charge in [-0.1, -0.05) is 30.3 Å². The van der Waals surface area contributed by atoms with Gasteiger partial charge in [-0.15, -0.1) is 11.3 Å². The number of rotatable bonds is 5. The summed E-state index contributed by atoms with van der Waals surface area (Å²) in [5, 5.41) is 5.11. The average molecular weight is 288 g/mol. The topological polar surface area (TPSA) is 55.1 Å². The van der Waals surface area contributed by atoms with Gasteiger partial charge in [0.05, 0.1) is 12.1 Å². The Bertz CT molecular complexity index is 563. The lowest BCUT2D eigenvalue weighted by Gasteiger charge is -2.20. The molecule has 0 spiro atoms. The Morgan fingerprint density at radius 2 is 2.00 bits per heavy atom. The highest BCUT2D eigenvalue weighted by Crippen LogP contribution is 2.27. The molecule has 0 aliphatic heterocycles. The van der Waals surface area contributed by atoms with Gasteiger partial charge in [-0.3, -0.25) is 4.79 Å². The van der Waals surface area contributed by atoms with Gasteiger partial charge in [0.2, 0.25) is 5.91 Å². The third-order valence-electron chi connectivity index (χ3n) is 3.23. The molecule has 0 saturated heterocycles. The van der Waals surface area contributed by atoms with Crippen molar-refractivity contribution in [3.63, 3.8) is 0 Å². The summed E-state index contributed by atoms with van der Waals surface area (Å²) in [7, 11) is 0. The van der Waals surface area contributed by atoms with Gasteiger partial charge >= 0.3 is 0 Å². The zero-order chi connectivity index (χ0) is 14.5. The molecule has 3 N–H and O–H groups in total. The van der Waals surface area contributed by atoms with Gasteiger partial charge in [0.1, 0.15) is 0 Å². The second-order valence-electron chi connectivity index (χ2n) is 5.01. The van der Waals surface area contributed by atoms with Crippen molar-refractivity contribution in [1.82, 2.24) is 5.32 Å². The minimum Gasteiger partial charge on any atom is -0.347 e. The van der Waals surface area contributed by atoms with Crippen molar-refractivity contribution in [2.24, 2.45) is 5.73 Å². The Morgan fingerprint density at radius 1 is 1.30 bits per heavy atom. The number of carbonyl (C=O) groups is 1. The summed E-state index contributed by atoms with van der Waals surface area (Å²) in [5.41, 5.74) is 8.07. The second kappa shape index (κ2) is 6.68. The zero-order valence-electron chi connectivity index (χ0n) is 11.8. The summed E-state index contributed by atoms with van der Waals surface area (Å²) >= 11 is 1.68. The molecule has 1 aromatic heterocycles. The number of hydrogen-bond acceptors (Lipinski definition) is 3. The highest BCUT2D eigenvalue weighted by molar-refractivity contribution is 7.10. The molecule has 2 atom stereocenters. The second-order valence-corrected chi connectivity index (χ2v) is 5.96. The number of nitrogens with one attached hydrogen (secondary N) is 1. The number of nitrogens with two attached hydrogens (primary N) is 1. The number of amides is 1. The lowest BCUT2D eigenvalue weighted by molar-refractivity contribution is -0.122. The molecular weight excluding hydrogens is 268 g/mol. The van der Waals surface area contributed by atoms with Crippen molar-refractivity contribution in [1.29, 1.82) is 0 Å². The van der Waals surface area contributed by atoms with Crippen molar-refractivity contribution >= 4 is 17.2 Å². The first-order valence-electron chi connectivity index (χ1n) is 6.72. The summed E-state index contributed by atoms with van der Waals surface area (Å²) in [6.45, 7) is 3.78. The van der Waals surface area contributed by atoms with Crippen molar-refractivity contribution in [3.05, 3.63) is 57.8 Å². The van der Waals surface area contributed by atoms with E-state index >= 15 is 0 Å². The van der Waals surface area contributed by atoms with Crippen LogP contribution in [-0.2, 0) is 11.2 Å². The fourth-order valence-electron chi connectivity index (χ4n) is 2.10. The normalized spacial score (nSPS) is 13.8. The largest absolute Gasteiger partial charge is 0.347 e. The molecule has 0 bridgehead atoms. The summed E-state index contributed by atoms with van der Waals surface area (Å²) in [4.78, 5) is 13.1. The third kappa shape index (κ3) is 3.68. The number of benzene rings is 1. The monoisotopic (exact) mass is 288 g/mol. The maximum absolute atomic E-state index is 11.9. The first-order chi connectivity index (χ1) is 9.58. The Balaban J connectivity index is 2.21. The van der Waals surface area contributed by atoms with Crippen LogP contribution in [-0.4, -0.2) is 11.9 Å². The van der Waals surface area contributed by atoms with E-state index in [0.717, 1.165) is 6.42 Å². The average Bonchev–Trinajstić information content (AvgIpc) is 2.85. The van der Waals surface area contributed by atoms with E-state index in [2.05, 4.69) is 35.8 Å². The highest BCUT2D eigenvalue weighted by Gasteiger charge is 2.19. The van der Waals surface area contributed by atoms with Crippen LogP contribution >= 0.6 is 11.3 Å². The van der Waals surface area contributed by atoms with Crippen LogP contribution in [0.1, 0.15) is 29.0 Å². The van der Waals surface area contributed by atoms with Gasteiger partial charge in [-0.05, 0) is 42.8 Å². The molecule has 3 nitrogen and oxygen atoms in total. The maximum atomic E-state index is 11.9. The molecule has 2 aromatic rings. The highest BCUT2D eigenvalue weighted by atomic mass is 32.1. The summed E-state index contributed by atoms with van der Waals surface area (Å²) < 4.78 is 0.